The van der Waals surface area contributed by atoms with Gasteiger partial charge < -0.3 is 14.8 Å². The van der Waals surface area contributed by atoms with Crippen molar-refractivity contribution in [3.05, 3.63) is 35.4 Å². The fraction of sp³-hybridized carbons (Fsp3) is 0.556. The second-order valence-corrected chi connectivity index (χ2v) is 7.40. The summed E-state index contributed by atoms with van der Waals surface area (Å²) < 4.78 is 11.0. The minimum atomic E-state index is -0.573. The lowest BCUT2D eigenvalue weighted by Crippen LogP contribution is -2.41. The highest BCUT2D eigenvalue weighted by molar-refractivity contribution is 5.71. The topological polar surface area (TPSA) is 64.6 Å². The molecule has 1 aromatic rings. The number of esters is 1. The summed E-state index contributed by atoms with van der Waals surface area (Å²) in [6.45, 7) is 6.87. The van der Waals surface area contributed by atoms with E-state index in [1.54, 1.807) is 0 Å². The molecule has 0 heterocycles. The molecule has 1 unspecified atom stereocenters. The predicted molar refractivity (Wildman–Crippen MR) is 85.0 cm³/mol. The maximum Gasteiger partial charge on any atom is 0.408 e. The first kappa shape index (κ1) is 15.8. The van der Waals surface area contributed by atoms with Crippen molar-refractivity contribution < 1.29 is 19.1 Å². The number of hydrogen-bond acceptors (Lipinski definition) is 4. The molecule has 2 atom stereocenters. The Bertz CT molecular complexity index is 643. The van der Waals surface area contributed by atoms with E-state index in [1.165, 1.54) is 12.5 Å². The van der Waals surface area contributed by atoms with Crippen molar-refractivity contribution in [3.8, 4) is 0 Å². The Morgan fingerprint density at radius 3 is 2.43 bits per heavy atom. The Labute approximate surface area is 136 Å². The standard InChI is InChI=1S/C18H23NO4/c1-11(20)22-15-14(19-16(21)23-17(2,3)4)12-7-5-6-8-13(12)18(15)9-10-18/h5-8,14-15H,9-10H2,1-4H3,(H,19,21)/t14-,15?/m1/s1. The van der Waals surface area contributed by atoms with E-state index in [-0.39, 0.29) is 23.5 Å². The highest BCUT2D eigenvalue weighted by Gasteiger charge is 2.61. The third-order valence-corrected chi connectivity index (χ3v) is 4.43. The van der Waals surface area contributed by atoms with E-state index in [4.69, 9.17) is 9.47 Å². The van der Waals surface area contributed by atoms with Crippen LogP contribution in [0.25, 0.3) is 0 Å². The zero-order valence-electron chi connectivity index (χ0n) is 14.0. The second kappa shape index (κ2) is 5.25. The molecule has 0 saturated heterocycles. The highest BCUT2D eigenvalue weighted by atomic mass is 16.6. The Morgan fingerprint density at radius 1 is 1.22 bits per heavy atom. The number of hydrogen-bond donors (Lipinski definition) is 1. The van der Waals surface area contributed by atoms with Gasteiger partial charge >= 0.3 is 12.1 Å². The van der Waals surface area contributed by atoms with E-state index < -0.39 is 11.7 Å². The maximum atomic E-state index is 12.2. The van der Waals surface area contributed by atoms with Crippen LogP contribution in [-0.2, 0) is 19.7 Å². The number of carbonyl (C=O) groups is 2. The molecule has 2 aliphatic rings. The van der Waals surface area contributed by atoms with Gasteiger partial charge in [-0.15, -0.1) is 0 Å². The van der Waals surface area contributed by atoms with Gasteiger partial charge in [0.1, 0.15) is 11.7 Å². The smallest absolute Gasteiger partial charge is 0.408 e. The zero-order valence-corrected chi connectivity index (χ0v) is 14.0. The van der Waals surface area contributed by atoms with Crippen LogP contribution in [0.3, 0.4) is 0 Å². The molecule has 124 valence electrons. The van der Waals surface area contributed by atoms with Gasteiger partial charge in [-0.25, -0.2) is 4.79 Å². The first-order valence-electron chi connectivity index (χ1n) is 7.99. The number of carbonyl (C=O) groups excluding carboxylic acids is 2. The lowest BCUT2D eigenvalue weighted by atomic mass is 9.96. The molecule has 5 heteroatoms. The molecule has 1 spiro atoms. The number of nitrogens with one attached hydrogen (secondary N) is 1. The minimum absolute atomic E-state index is 0.151. The number of benzene rings is 1. The Hall–Kier alpha value is -2.04. The van der Waals surface area contributed by atoms with Crippen LogP contribution in [0, 0.1) is 0 Å². The van der Waals surface area contributed by atoms with Crippen LogP contribution in [0.2, 0.25) is 0 Å². The molecule has 1 amide bonds. The van der Waals surface area contributed by atoms with E-state index in [0.29, 0.717) is 0 Å². The van der Waals surface area contributed by atoms with Crippen LogP contribution in [0.15, 0.2) is 24.3 Å². The number of fused-ring (bicyclic) bond motifs is 2. The van der Waals surface area contributed by atoms with Gasteiger partial charge in [-0.1, -0.05) is 24.3 Å². The van der Waals surface area contributed by atoms with Crippen molar-refractivity contribution in [1.29, 1.82) is 0 Å². The van der Waals surface area contributed by atoms with Gasteiger partial charge in [0.05, 0.1) is 6.04 Å². The van der Waals surface area contributed by atoms with E-state index >= 15 is 0 Å². The van der Waals surface area contributed by atoms with Crippen molar-refractivity contribution in [2.75, 3.05) is 0 Å². The van der Waals surface area contributed by atoms with Gasteiger partial charge in [0.2, 0.25) is 0 Å². The van der Waals surface area contributed by atoms with Crippen LogP contribution in [0.1, 0.15) is 57.7 Å². The Balaban J connectivity index is 1.89. The molecule has 2 aliphatic carbocycles. The van der Waals surface area contributed by atoms with Crippen molar-refractivity contribution in [3.63, 3.8) is 0 Å². The molecule has 0 bridgehead atoms. The predicted octanol–water partition coefficient (Wildman–Crippen LogP) is 3.23. The van der Waals surface area contributed by atoms with Gasteiger partial charge in [0, 0.05) is 12.3 Å². The van der Waals surface area contributed by atoms with Gasteiger partial charge in [-0.3, -0.25) is 4.79 Å². The van der Waals surface area contributed by atoms with Crippen LogP contribution >= 0.6 is 0 Å². The zero-order chi connectivity index (χ0) is 16.8. The van der Waals surface area contributed by atoms with Crippen LogP contribution in [0.4, 0.5) is 4.79 Å². The van der Waals surface area contributed by atoms with Crippen LogP contribution < -0.4 is 5.32 Å². The molecule has 23 heavy (non-hydrogen) atoms. The number of rotatable bonds is 2. The Kier molecular flexibility index (Phi) is 3.62. The monoisotopic (exact) mass is 317 g/mol. The third kappa shape index (κ3) is 2.92. The number of ether oxygens (including phenoxy) is 2. The van der Waals surface area contributed by atoms with Gasteiger partial charge in [0.15, 0.2) is 0 Å². The van der Waals surface area contributed by atoms with Crippen molar-refractivity contribution in [2.24, 2.45) is 0 Å². The van der Waals surface area contributed by atoms with E-state index in [1.807, 2.05) is 39.0 Å². The first-order chi connectivity index (χ1) is 10.7. The van der Waals surface area contributed by atoms with E-state index in [0.717, 1.165) is 18.4 Å². The van der Waals surface area contributed by atoms with Gasteiger partial charge in [-0.05, 0) is 44.7 Å². The number of alkyl carbamates (subject to hydrolysis) is 1. The maximum absolute atomic E-state index is 12.2. The van der Waals surface area contributed by atoms with Crippen molar-refractivity contribution >= 4 is 12.1 Å². The lowest BCUT2D eigenvalue weighted by molar-refractivity contribution is -0.149. The summed E-state index contributed by atoms with van der Waals surface area (Å²) >= 11 is 0. The second-order valence-electron chi connectivity index (χ2n) is 7.40. The van der Waals surface area contributed by atoms with Gasteiger partial charge in [0.25, 0.3) is 0 Å². The molecule has 1 saturated carbocycles. The number of amides is 1. The molecule has 5 nitrogen and oxygen atoms in total. The van der Waals surface area contributed by atoms with Gasteiger partial charge in [-0.2, -0.15) is 0 Å². The molecule has 0 aliphatic heterocycles. The molecular weight excluding hydrogens is 294 g/mol. The molecule has 0 radical (unpaired) electrons. The normalized spacial score (nSPS) is 24.0. The quantitative estimate of drug-likeness (QED) is 0.851. The first-order valence-corrected chi connectivity index (χ1v) is 7.99. The van der Waals surface area contributed by atoms with Crippen LogP contribution in [-0.4, -0.2) is 23.8 Å². The molecule has 3 rings (SSSR count). The SMILES string of the molecule is CC(=O)OC1[C@H](NC(=O)OC(C)(C)C)c2ccccc2C12CC2. The molecule has 1 N–H and O–H groups in total. The third-order valence-electron chi connectivity index (χ3n) is 4.43. The summed E-state index contributed by atoms with van der Waals surface area (Å²) in [5.74, 6) is -0.329. The fourth-order valence-electron chi connectivity index (χ4n) is 3.49. The summed E-state index contributed by atoms with van der Waals surface area (Å²) in [6.07, 6.45) is 1.07. The Morgan fingerprint density at radius 2 is 1.87 bits per heavy atom. The fourth-order valence-corrected chi connectivity index (χ4v) is 3.49. The minimum Gasteiger partial charge on any atom is -0.459 e. The summed E-state index contributed by atoms with van der Waals surface area (Å²) in [6, 6.07) is 7.61. The molecule has 1 aromatic carbocycles. The largest absolute Gasteiger partial charge is 0.459 e. The average Bonchev–Trinajstić information content (AvgIpc) is 3.17. The van der Waals surface area contributed by atoms with E-state index in [2.05, 4.69) is 11.4 Å². The summed E-state index contributed by atoms with van der Waals surface area (Å²) in [7, 11) is 0. The summed E-state index contributed by atoms with van der Waals surface area (Å²) in [5, 5.41) is 2.90. The lowest BCUT2D eigenvalue weighted by Gasteiger charge is -2.27. The van der Waals surface area contributed by atoms with Crippen molar-refractivity contribution in [2.45, 2.75) is 63.7 Å². The summed E-state index contributed by atoms with van der Waals surface area (Å²) in [5.41, 5.74) is 1.47. The molecule has 0 aromatic heterocycles. The highest BCUT2D eigenvalue weighted by Crippen LogP contribution is 2.61. The van der Waals surface area contributed by atoms with E-state index in [9.17, 15) is 9.59 Å². The molecular formula is C18H23NO4. The van der Waals surface area contributed by atoms with Crippen molar-refractivity contribution in [1.82, 2.24) is 5.32 Å². The van der Waals surface area contributed by atoms with Crippen LogP contribution in [0.5, 0.6) is 0 Å². The average molecular weight is 317 g/mol. The summed E-state index contributed by atoms with van der Waals surface area (Å²) in [4.78, 5) is 23.8. The molecule has 1 fully saturated rings.